The molecule has 0 bridgehead atoms. The molecule has 1 aromatic rings. The normalized spacial score (nSPS) is 16.9. The Balaban J connectivity index is 1.73. The fraction of sp³-hybridized carbons (Fsp3) is 0.562. The number of nitrogens with one attached hydrogen (secondary N) is 1. The van der Waals surface area contributed by atoms with Gasteiger partial charge in [-0.05, 0) is 24.8 Å². The van der Waals surface area contributed by atoms with E-state index in [2.05, 4.69) is 40.5 Å². The van der Waals surface area contributed by atoms with E-state index in [1.165, 1.54) is 5.56 Å². The fourth-order valence-corrected chi connectivity index (χ4v) is 2.80. The summed E-state index contributed by atoms with van der Waals surface area (Å²) >= 11 is 0. The molecule has 1 aromatic carbocycles. The van der Waals surface area contributed by atoms with Crippen molar-refractivity contribution >= 4 is 6.03 Å². The van der Waals surface area contributed by atoms with E-state index in [1.807, 2.05) is 11.9 Å². The summed E-state index contributed by atoms with van der Waals surface area (Å²) in [6.45, 7) is 3.28. The molecule has 1 aliphatic rings. The second-order valence-electron chi connectivity index (χ2n) is 5.47. The van der Waals surface area contributed by atoms with Crippen LogP contribution in [-0.2, 0) is 6.42 Å². The van der Waals surface area contributed by atoms with Gasteiger partial charge in [0, 0.05) is 39.8 Å². The fourth-order valence-electron chi connectivity index (χ4n) is 2.80. The molecule has 0 radical (unpaired) electrons. The first-order chi connectivity index (χ1) is 9.70. The molecule has 0 saturated carbocycles. The molecule has 1 fully saturated rings. The van der Waals surface area contributed by atoms with Crippen LogP contribution in [0.4, 0.5) is 4.79 Å². The number of hydrogen-bond acceptors (Lipinski definition) is 2. The van der Waals surface area contributed by atoms with Crippen molar-refractivity contribution in [1.29, 1.82) is 0 Å². The lowest BCUT2D eigenvalue weighted by molar-refractivity contribution is 0.136. The van der Waals surface area contributed by atoms with Gasteiger partial charge in [-0.15, -0.1) is 0 Å². The van der Waals surface area contributed by atoms with Gasteiger partial charge in [-0.25, -0.2) is 4.79 Å². The third kappa shape index (κ3) is 3.97. The summed E-state index contributed by atoms with van der Waals surface area (Å²) in [6, 6.07) is 11.0. The van der Waals surface area contributed by atoms with Crippen LogP contribution in [0.15, 0.2) is 30.3 Å². The summed E-state index contributed by atoms with van der Waals surface area (Å²) in [5, 5.41) is 2.69. The number of amides is 2. The molecule has 20 heavy (non-hydrogen) atoms. The minimum Gasteiger partial charge on any atom is -0.341 e. The molecule has 4 nitrogen and oxygen atoms in total. The highest BCUT2D eigenvalue weighted by Crippen LogP contribution is 2.16. The maximum absolute atomic E-state index is 11.6. The lowest BCUT2D eigenvalue weighted by Gasteiger charge is -2.36. The van der Waals surface area contributed by atoms with E-state index in [0.717, 1.165) is 38.9 Å². The summed E-state index contributed by atoms with van der Waals surface area (Å²) in [5.74, 6) is 0. The Hall–Kier alpha value is -1.55. The van der Waals surface area contributed by atoms with Crippen LogP contribution in [0.1, 0.15) is 18.4 Å². The number of piperidine rings is 1. The van der Waals surface area contributed by atoms with Crippen molar-refractivity contribution in [3.8, 4) is 0 Å². The van der Waals surface area contributed by atoms with E-state index in [1.54, 1.807) is 7.05 Å². The van der Waals surface area contributed by atoms with Crippen LogP contribution < -0.4 is 5.32 Å². The predicted octanol–water partition coefficient (Wildman–Crippen LogP) is 1.96. The van der Waals surface area contributed by atoms with Gasteiger partial charge in [0.25, 0.3) is 0 Å². The molecule has 0 spiro atoms. The van der Waals surface area contributed by atoms with Gasteiger partial charge in [0.1, 0.15) is 0 Å². The molecule has 2 rings (SSSR count). The average molecular weight is 275 g/mol. The molecular formula is C16H25N3O. The predicted molar refractivity (Wildman–Crippen MR) is 81.8 cm³/mol. The zero-order valence-electron chi connectivity index (χ0n) is 12.5. The van der Waals surface area contributed by atoms with E-state index < -0.39 is 0 Å². The van der Waals surface area contributed by atoms with Crippen LogP contribution in [0.3, 0.4) is 0 Å². The van der Waals surface area contributed by atoms with Gasteiger partial charge < -0.3 is 15.1 Å². The minimum atomic E-state index is 0.0211. The van der Waals surface area contributed by atoms with Gasteiger partial charge >= 0.3 is 6.03 Å². The topological polar surface area (TPSA) is 35.6 Å². The van der Waals surface area contributed by atoms with Crippen molar-refractivity contribution < 1.29 is 4.79 Å². The van der Waals surface area contributed by atoms with Gasteiger partial charge in [-0.2, -0.15) is 0 Å². The molecule has 0 unspecified atom stereocenters. The van der Waals surface area contributed by atoms with E-state index >= 15 is 0 Å². The first-order valence-corrected chi connectivity index (χ1v) is 7.41. The Morgan fingerprint density at radius 1 is 1.30 bits per heavy atom. The Labute approximate surface area is 121 Å². The third-order valence-electron chi connectivity index (χ3n) is 4.20. The third-order valence-corrected chi connectivity index (χ3v) is 4.20. The van der Waals surface area contributed by atoms with Gasteiger partial charge in [0.05, 0.1) is 0 Å². The number of carbonyl (C=O) groups excluding carboxylic acids is 1. The highest BCUT2D eigenvalue weighted by Gasteiger charge is 2.24. The highest BCUT2D eigenvalue weighted by atomic mass is 16.2. The second-order valence-corrected chi connectivity index (χ2v) is 5.47. The molecule has 110 valence electrons. The SMILES string of the molecule is CNC(=O)N(C)C1CCN(CCc2ccccc2)CC1. The smallest absolute Gasteiger partial charge is 0.317 e. The number of likely N-dealkylation sites (tertiary alicyclic amines) is 1. The summed E-state index contributed by atoms with van der Waals surface area (Å²) in [4.78, 5) is 15.9. The van der Waals surface area contributed by atoms with Crippen LogP contribution in [-0.4, -0.2) is 55.6 Å². The summed E-state index contributed by atoms with van der Waals surface area (Å²) in [7, 11) is 3.58. The maximum Gasteiger partial charge on any atom is 0.317 e. The zero-order valence-corrected chi connectivity index (χ0v) is 12.5. The first-order valence-electron chi connectivity index (χ1n) is 7.41. The van der Waals surface area contributed by atoms with E-state index in [4.69, 9.17) is 0 Å². The second kappa shape index (κ2) is 7.29. The van der Waals surface area contributed by atoms with Gasteiger partial charge in [0.2, 0.25) is 0 Å². The molecule has 2 amide bonds. The van der Waals surface area contributed by atoms with E-state index in [0.29, 0.717) is 6.04 Å². The maximum atomic E-state index is 11.6. The Kier molecular flexibility index (Phi) is 5.41. The molecule has 4 heteroatoms. The van der Waals surface area contributed by atoms with Gasteiger partial charge in [-0.1, -0.05) is 30.3 Å². The lowest BCUT2D eigenvalue weighted by Crippen LogP contribution is -2.48. The van der Waals surface area contributed by atoms with Crippen LogP contribution in [0.25, 0.3) is 0 Å². The Morgan fingerprint density at radius 2 is 1.95 bits per heavy atom. The summed E-state index contributed by atoms with van der Waals surface area (Å²) < 4.78 is 0. The van der Waals surface area contributed by atoms with Crippen molar-refractivity contribution in [2.24, 2.45) is 0 Å². The molecule has 1 aliphatic heterocycles. The zero-order chi connectivity index (χ0) is 14.4. The lowest BCUT2D eigenvalue weighted by atomic mass is 10.0. The highest BCUT2D eigenvalue weighted by molar-refractivity contribution is 5.73. The molecular weight excluding hydrogens is 250 g/mol. The molecule has 0 atom stereocenters. The summed E-state index contributed by atoms with van der Waals surface area (Å²) in [5.41, 5.74) is 1.40. The number of urea groups is 1. The van der Waals surface area contributed by atoms with Crippen LogP contribution in [0.5, 0.6) is 0 Å². The van der Waals surface area contributed by atoms with Crippen LogP contribution >= 0.6 is 0 Å². The molecule has 1 saturated heterocycles. The molecule has 0 aromatic heterocycles. The Morgan fingerprint density at radius 3 is 2.55 bits per heavy atom. The van der Waals surface area contributed by atoms with Gasteiger partial charge in [-0.3, -0.25) is 0 Å². The molecule has 0 aliphatic carbocycles. The van der Waals surface area contributed by atoms with E-state index in [-0.39, 0.29) is 6.03 Å². The molecule has 1 heterocycles. The monoisotopic (exact) mass is 275 g/mol. The largest absolute Gasteiger partial charge is 0.341 e. The Bertz CT molecular complexity index is 413. The van der Waals surface area contributed by atoms with Crippen molar-refractivity contribution in [3.63, 3.8) is 0 Å². The first kappa shape index (κ1) is 14.9. The van der Waals surface area contributed by atoms with Crippen LogP contribution in [0, 0.1) is 0 Å². The number of benzene rings is 1. The number of nitrogens with zero attached hydrogens (tertiary/aromatic N) is 2. The van der Waals surface area contributed by atoms with Crippen molar-refractivity contribution in [3.05, 3.63) is 35.9 Å². The molecule has 1 N–H and O–H groups in total. The van der Waals surface area contributed by atoms with Crippen molar-refractivity contribution in [1.82, 2.24) is 15.1 Å². The number of carbonyl (C=O) groups is 1. The standard InChI is InChI=1S/C16H25N3O/c1-17-16(20)18(2)15-9-12-19(13-10-15)11-8-14-6-4-3-5-7-14/h3-7,15H,8-13H2,1-2H3,(H,17,20). The quantitative estimate of drug-likeness (QED) is 0.912. The average Bonchev–Trinajstić information content (AvgIpc) is 2.53. The van der Waals surface area contributed by atoms with Crippen molar-refractivity contribution in [2.75, 3.05) is 33.7 Å². The van der Waals surface area contributed by atoms with E-state index in [9.17, 15) is 4.79 Å². The van der Waals surface area contributed by atoms with Crippen LogP contribution in [0.2, 0.25) is 0 Å². The van der Waals surface area contributed by atoms with Gasteiger partial charge in [0.15, 0.2) is 0 Å². The number of rotatable bonds is 4. The van der Waals surface area contributed by atoms with Crippen molar-refractivity contribution in [2.45, 2.75) is 25.3 Å². The number of hydrogen-bond donors (Lipinski definition) is 1. The summed E-state index contributed by atoms with van der Waals surface area (Å²) in [6.07, 6.45) is 3.24. The minimum absolute atomic E-state index is 0.0211.